The van der Waals surface area contributed by atoms with Gasteiger partial charge in [0.2, 0.25) is 0 Å². The van der Waals surface area contributed by atoms with Gasteiger partial charge in [-0.05, 0) is 38.0 Å². The number of nitrogens with one attached hydrogen (secondary N) is 1. The van der Waals surface area contributed by atoms with Crippen molar-refractivity contribution in [3.8, 4) is 11.1 Å². The molecule has 2 rings (SSSR count). The van der Waals surface area contributed by atoms with Gasteiger partial charge in [0.25, 0.3) is 0 Å². The van der Waals surface area contributed by atoms with Crippen LogP contribution in [0.1, 0.15) is 20.3 Å². The molecule has 1 N–H and O–H groups in total. The normalized spacial score (nSPS) is 10.2. The van der Waals surface area contributed by atoms with E-state index in [1.165, 1.54) is 16.7 Å². The van der Waals surface area contributed by atoms with Gasteiger partial charge in [0, 0.05) is 22.8 Å². The van der Waals surface area contributed by atoms with Crippen molar-refractivity contribution in [2.45, 2.75) is 20.3 Å². The average molecular weight is 286 g/mol. The summed E-state index contributed by atoms with van der Waals surface area (Å²) >= 11 is 6.12. The summed E-state index contributed by atoms with van der Waals surface area (Å²) in [5, 5.41) is 4.24. The first kappa shape index (κ1) is 14.7. The molecule has 20 heavy (non-hydrogen) atoms. The summed E-state index contributed by atoms with van der Waals surface area (Å²) in [5.41, 5.74) is 4.83. The fraction of sp³-hybridized carbons (Fsp3) is 0.222. The Labute approximate surface area is 126 Å². The second-order valence-corrected chi connectivity index (χ2v) is 5.49. The van der Waals surface area contributed by atoms with E-state index in [-0.39, 0.29) is 0 Å². The molecule has 0 aliphatic heterocycles. The van der Waals surface area contributed by atoms with Crippen LogP contribution in [0.25, 0.3) is 11.1 Å². The van der Waals surface area contributed by atoms with Crippen LogP contribution in [-0.2, 0) is 0 Å². The second-order valence-electron chi connectivity index (χ2n) is 5.05. The number of hydrogen-bond acceptors (Lipinski definition) is 1. The van der Waals surface area contributed by atoms with Crippen molar-refractivity contribution in [3.63, 3.8) is 0 Å². The van der Waals surface area contributed by atoms with Crippen LogP contribution in [0.3, 0.4) is 0 Å². The highest BCUT2D eigenvalue weighted by molar-refractivity contribution is 6.31. The van der Waals surface area contributed by atoms with Crippen LogP contribution in [0.15, 0.2) is 60.2 Å². The summed E-state index contributed by atoms with van der Waals surface area (Å²) in [4.78, 5) is 0. The minimum absolute atomic E-state index is 0.759. The number of anilines is 1. The van der Waals surface area contributed by atoms with Crippen molar-refractivity contribution in [1.82, 2.24) is 0 Å². The Balaban J connectivity index is 2.19. The highest BCUT2D eigenvalue weighted by Crippen LogP contribution is 2.30. The van der Waals surface area contributed by atoms with Crippen LogP contribution in [0.5, 0.6) is 0 Å². The highest BCUT2D eigenvalue weighted by atomic mass is 35.5. The Kier molecular flexibility index (Phi) is 5.25. The van der Waals surface area contributed by atoms with E-state index in [0.717, 1.165) is 23.7 Å². The maximum atomic E-state index is 6.12. The summed E-state index contributed by atoms with van der Waals surface area (Å²) < 4.78 is 0. The lowest BCUT2D eigenvalue weighted by Gasteiger charge is -2.12. The Bertz CT molecular complexity index is 584. The molecule has 0 aromatic heterocycles. The quantitative estimate of drug-likeness (QED) is 0.543. The predicted octanol–water partition coefficient (Wildman–Crippen LogP) is 5.78. The minimum atomic E-state index is 0.759. The molecule has 0 saturated heterocycles. The molecule has 1 nitrogen and oxygen atoms in total. The number of rotatable bonds is 5. The Hall–Kier alpha value is -1.73. The highest BCUT2D eigenvalue weighted by Gasteiger charge is 2.05. The summed E-state index contributed by atoms with van der Waals surface area (Å²) in [5.74, 6) is 0. The molecule has 0 radical (unpaired) electrons. The van der Waals surface area contributed by atoms with Gasteiger partial charge < -0.3 is 5.32 Å². The summed E-state index contributed by atoms with van der Waals surface area (Å²) in [6.07, 6.45) is 3.25. The molecule has 2 heteroatoms. The lowest BCUT2D eigenvalue weighted by Crippen LogP contribution is -2.02. The molecule has 0 spiro atoms. The van der Waals surface area contributed by atoms with E-state index in [1.807, 2.05) is 18.2 Å². The zero-order valence-corrected chi connectivity index (χ0v) is 12.7. The second kappa shape index (κ2) is 7.16. The molecule has 2 aromatic carbocycles. The van der Waals surface area contributed by atoms with Crippen LogP contribution in [0.4, 0.5) is 5.69 Å². The maximum absolute atomic E-state index is 6.12. The molecule has 2 aromatic rings. The summed E-state index contributed by atoms with van der Waals surface area (Å²) in [7, 11) is 0. The van der Waals surface area contributed by atoms with Crippen LogP contribution < -0.4 is 5.32 Å². The lowest BCUT2D eigenvalue weighted by molar-refractivity contribution is 1.05. The third-order valence-electron chi connectivity index (χ3n) is 3.08. The largest absolute Gasteiger partial charge is 0.384 e. The summed E-state index contributed by atoms with van der Waals surface area (Å²) in [6, 6.07) is 16.4. The molecule has 0 atom stereocenters. The van der Waals surface area contributed by atoms with Crippen LogP contribution >= 0.6 is 11.6 Å². The smallest absolute Gasteiger partial charge is 0.0434 e. The van der Waals surface area contributed by atoms with E-state index in [1.54, 1.807) is 0 Å². The molecular formula is C18H20ClN. The van der Waals surface area contributed by atoms with Gasteiger partial charge >= 0.3 is 0 Å². The molecular weight excluding hydrogens is 266 g/mol. The first-order valence-corrected chi connectivity index (χ1v) is 7.27. The maximum Gasteiger partial charge on any atom is 0.0434 e. The lowest BCUT2D eigenvalue weighted by atomic mass is 10.0. The van der Waals surface area contributed by atoms with Crippen molar-refractivity contribution in [2.24, 2.45) is 0 Å². The molecule has 104 valence electrons. The van der Waals surface area contributed by atoms with Crippen molar-refractivity contribution in [2.75, 3.05) is 11.9 Å². The van der Waals surface area contributed by atoms with E-state index in [4.69, 9.17) is 11.6 Å². The summed E-state index contributed by atoms with van der Waals surface area (Å²) in [6.45, 7) is 5.15. The van der Waals surface area contributed by atoms with Crippen LogP contribution in [0.2, 0.25) is 5.02 Å². The molecule has 0 saturated carbocycles. The van der Waals surface area contributed by atoms with Gasteiger partial charge in [-0.25, -0.2) is 0 Å². The van der Waals surface area contributed by atoms with Crippen molar-refractivity contribution < 1.29 is 0 Å². The van der Waals surface area contributed by atoms with E-state index < -0.39 is 0 Å². The van der Waals surface area contributed by atoms with E-state index in [0.29, 0.717) is 0 Å². The number of halogens is 1. The number of hydrogen-bond donors (Lipinski definition) is 1. The average Bonchev–Trinajstić information content (AvgIpc) is 2.44. The van der Waals surface area contributed by atoms with E-state index in [9.17, 15) is 0 Å². The Morgan fingerprint density at radius 2 is 1.85 bits per heavy atom. The zero-order valence-electron chi connectivity index (χ0n) is 12.0. The van der Waals surface area contributed by atoms with Crippen molar-refractivity contribution in [1.29, 1.82) is 0 Å². The molecule has 0 fully saturated rings. The van der Waals surface area contributed by atoms with Gasteiger partial charge in [0.15, 0.2) is 0 Å². The monoisotopic (exact) mass is 285 g/mol. The zero-order chi connectivity index (χ0) is 14.4. The van der Waals surface area contributed by atoms with Gasteiger partial charge in [0.05, 0.1) is 0 Å². The molecule has 0 unspecified atom stereocenters. The van der Waals surface area contributed by atoms with Gasteiger partial charge in [-0.1, -0.05) is 59.6 Å². The topological polar surface area (TPSA) is 12.0 Å². The first-order valence-electron chi connectivity index (χ1n) is 6.89. The van der Waals surface area contributed by atoms with Gasteiger partial charge in [-0.15, -0.1) is 0 Å². The van der Waals surface area contributed by atoms with Gasteiger partial charge in [-0.3, -0.25) is 0 Å². The number of allylic oxidation sites excluding steroid dienone is 1. The third kappa shape index (κ3) is 4.14. The molecule has 0 aliphatic carbocycles. The number of benzene rings is 2. The fourth-order valence-electron chi connectivity index (χ4n) is 2.10. The van der Waals surface area contributed by atoms with Gasteiger partial charge in [-0.2, -0.15) is 0 Å². The van der Waals surface area contributed by atoms with Crippen LogP contribution in [0, 0.1) is 0 Å². The van der Waals surface area contributed by atoms with E-state index in [2.05, 4.69) is 55.6 Å². The van der Waals surface area contributed by atoms with Gasteiger partial charge in [0.1, 0.15) is 0 Å². The third-order valence-corrected chi connectivity index (χ3v) is 3.31. The standard InChI is InChI=1S/C18H20ClN/c1-14(2)7-6-12-20-18-13-16(19)10-11-17(18)15-8-4-3-5-9-15/h3-5,7-11,13,20H,6,12H2,1-2H3. The Morgan fingerprint density at radius 3 is 2.55 bits per heavy atom. The molecule has 0 bridgehead atoms. The predicted molar refractivity (Wildman–Crippen MR) is 89.4 cm³/mol. The van der Waals surface area contributed by atoms with E-state index >= 15 is 0 Å². The van der Waals surface area contributed by atoms with Crippen LogP contribution in [-0.4, -0.2) is 6.54 Å². The minimum Gasteiger partial charge on any atom is -0.384 e. The van der Waals surface area contributed by atoms with Crippen molar-refractivity contribution >= 4 is 17.3 Å². The first-order chi connectivity index (χ1) is 9.66. The fourth-order valence-corrected chi connectivity index (χ4v) is 2.27. The molecule has 0 amide bonds. The molecule has 0 aliphatic rings. The SMILES string of the molecule is CC(C)=CCCNc1cc(Cl)ccc1-c1ccccc1. The van der Waals surface area contributed by atoms with Crippen molar-refractivity contribution in [3.05, 3.63) is 65.2 Å². The Morgan fingerprint density at radius 1 is 1.10 bits per heavy atom. The molecule has 0 heterocycles.